The van der Waals surface area contributed by atoms with Crippen molar-refractivity contribution in [2.45, 2.75) is 59.5 Å². The SMILES string of the molecule is C=CC(=O)C1C(C)(C)CCC2[C@@H](C)[C@@H](O)CC[C@@]21C. The first kappa shape index (κ1) is 14.8. The predicted molar refractivity (Wildman–Crippen MR) is 77.7 cm³/mol. The van der Waals surface area contributed by atoms with E-state index in [2.05, 4.69) is 34.3 Å². The van der Waals surface area contributed by atoms with Gasteiger partial charge in [-0.05, 0) is 54.4 Å². The highest BCUT2D eigenvalue weighted by molar-refractivity contribution is 5.92. The minimum atomic E-state index is -0.196. The van der Waals surface area contributed by atoms with E-state index in [1.807, 2.05) is 0 Å². The summed E-state index contributed by atoms with van der Waals surface area (Å²) in [4.78, 5) is 12.5. The number of carbonyl (C=O) groups is 1. The summed E-state index contributed by atoms with van der Waals surface area (Å²) in [6, 6.07) is 0. The number of hydrogen-bond donors (Lipinski definition) is 1. The van der Waals surface area contributed by atoms with Gasteiger partial charge in [0, 0.05) is 5.92 Å². The highest BCUT2D eigenvalue weighted by atomic mass is 16.3. The first-order valence-corrected chi connectivity index (χ1v) is 7.58. The molecule has 0 bridgehead atoms. The zero-order valence-corrected chi connectivity index (χ0v) is 12.8. The smallest absolute Gasteiger partial charge is 0.159 e. The lowest BCUT2D eigenvalue weighted by Gasteiger charge is -2.59. The van der Waals surface area contributed by atoms with Crippen molar-refractivity contribution in [1.82, 2.24) is 0 Å². The predicted octanol–water partition coefficient (Wildman–Crippen LogP) is 3.59. The van der Waals surface area contributed by atoms with Crippen molar-refractivity contribution in [3.8, 4) is 0 Å². The maximum absolute atomic E-state index is 12.5. The third kappa shape index (κ3) is 2.18. The van der Waals surface area contributed by atoms with E-state index in [0.29, 0.717) is 11.8 Å². The number of aliphatic hydroxyl groups is 1. The molecule has 0 aromatic rings. The summed E-state index contributed by atoms with van der Waals surface area (Å²) in [5.41, 5.74) is 0.0597. The molecule has 0 spiro atoms. The topological polar surface area (TPSA) is 37.3 Å². The lowest BCUT2D eigenvalue weighted by molar-refractivity contribution is -0.152. The molecule has 2 rings (SSSR count). The van der Waals surface area contributed by atoms with Gasteiger partial charge in [0.05, 0.1) is 6.10 Å². The van der Waals surface area contributed by atoms with Crippen molar-refractivity contribution in [3.05, 3.63) is 12.7 Å². The highest BCUT2D eigenvalue weighted by Gasteiger charge is 2.57. The van der Waals surface area contributed by atoms with E-state index in [1.54, 1.807) is 0 Å². The Labute approximate surface area is 117 Å². The summed E-state index contributed by atoms with van der Waals surface area (Å²) < 4.78 is 0. The van der Waals surface area contributed by atoms with Crippen LogP contribution in [0.5, 0.6) is 0 Å². The highest BCUT2D eigenvalue weighted by Crippen LogP contribution is 2.61. The molecule has 0 aromatic carbocycles. The molecule has 0 amide bonds. The zero-order valence-electron chi connectivity index (χ0n) is 12.8. The third-order valence-electron chi connectivity index (χ3n) is 6.09. The maximum atomic E-state index is 12.5. The van der Waals surface area contributed by atoms with Gasteiger partial charge in [-0.15, -0.1) is 0 Å². The summed E-state index contributed by atoms with van der Waals surface area (Å²) >= 11 is 0. The largest absolute Gasteiger partial charge is 0.393 e. The minimum Gasteiger partial charge on any atom is -0.393 e. The van der Waals surface area contributed by atoms with E-state index in [0.717, 1.165) is 25.7 Å². The summed E-state index contributed by atoms with van der Waals surface area (Å²) in [7, 11) is 0. The lowest BCUT2D eigenvalue weighted by Crippen LogP contribution is -2.56. The maximum Gasteiger partial charge on any atom is 0.159 e. The fraction of sp³-hybridized carbons (Fsp3) is 0.824. The van der Waals surface area contributed by atoms with E-state index in [9.17, 15) is 9.90 Å². The fourth-order valence-electron chi connectivity index (χ4n) is 5.12. The Morgan fingerprint density at radius 1 is 1.26 bits per heavy atom. The van der Waals surface area contributed by atoms with E-state index in [-0.39, 0.29) is 28.6 Å². The first-order valence-electron chi connectivity index (χ1n) is 7.58. The third-order valence-corrected chi connectivity index (χ3v) is 6.09. The molecule has 0 saturated heterocycles. The second-order valence-electron chi connectivity index (χ2n) is 7.64. The van der Waals surface area contributed by atoms with Gasteiger partial charge in [-0.2, -0.15) is 0 Å². The van der Waals surface area contributed by atoms with Crippen LogP contribution in [0.15, 0.2) is 12.7 Å². The van der Waals surface area contributed by atoms with E-state index in [1.165, 1.54) is 6.08 Å². The van der Waals surface area contributed by atoms with Crippen LogP contribution in [0.3, 0.4) is 0 Å². The van der Waals surface area contributed by atoms with Gasteiger partial charge in [0.25, 0.3) is 0 Å². The van der Waals surface area contributed by atoms with Crippen molar-refractivity contribution < 1.29 is 9.90 Å². The molecule has 0 radical (unpaired) electrons. The van der Waals surface area contributed by atoms with Gasteiger partial charge in [-0.3, -0.25) is 4.79 Å². The van der Waals surface area contributed by atoms with Crippen LogP contribution in [-0.2, 0) is 4.79 Å². The molecule has 5 atom stereocenters. The fourth-order valence-corrected chi connectivity index (χ4v) is 5.12. The van der Waals surface area contributed by atoms with Crippen LogP contribution >= 0.6 is 0 Å². The average molecular weight is 264 g/mol. The van der Waals surface area contributed by atoms with E-state index < -0.39 is 0 Å². The molecule has 2 aliphatic carbocycles. The van der Waals surface area contributed by atoms with Crippen molar-refractivity contribution >= 4 is 5.78 Å². The Hall–Kier alpha value is -0.630. The molecule has 0 aromatic heterocycles. The zero-order chi connectivity index (χ0) is 14.4. The summed E-state index contributed by atoms with van der Waals surface area (Å²) in [5.74, 6) is 1.00. The van der Waals surface area contributed by atoms with Crippen molar-refractivity contribution in [2.24, 2.45) is 28.6 Å². The summed E-state index contributed by atoms with van der Waals surface area (Å²) in [6.07, 6.45) is 5.29. The van der Waals surface area contributed by atoms with Crippen LogP contribution in [0.4, 0.5) is 0 Å². The van der Waals surface area contributed by atoms with Crippen LogP contribution in [0.2, 0.25) is 0 Å². The Kier molecular flexibility index (Phi) is 3.68. The number of hydrogen-bond acceptors (Lipinski definition) is 2. The first-order chi connectivity index (χ1) is 8.74. The van der Waals surface area contributed by atoms with Gasteiger partial charge in [-0.25, -0.2) is 0 Å². The molecule has 2 nitrogen and oxygen atoms in total. The normalized spacial score (nSPS) is 45.3. The molecule has 2 aliphatic rings. The van der Waals surface area contributed by atoms with Gasteiger partial charge in [0.2, 0.25) is 0 Å². The molecule has 2 saturated carbocycles. The van der Waals surface area contributed by atoms with Gasteiger partial charge in [-0.1, -0.05) is 34.3 Å². The van der Waals surface area contributed by atoms with Crippen LogP contribution in [0, 0.1) is 28.6 Å². The monoisotopic (exact) mass is 264 g/mol. The average Bonchev–Trinajstić information content (AvgIpc) is 2.33. The van der Waals surface area contributed by atoms with E-state index in [4.69, 9.17) is 0 Å². The van der Waals surface area contributed by atoms with Crippen LogP contribution in [0.1, 0.15) is 53.4 Å². The molecule has 19 heavy (non-hydrogen) atoms. The van der Waals surface area contributed by atoms with Gasteiger partial charge in [0.1, 0.15) is 0 Å². The molecule has 2 fully saturated rings. The number of carbonyl (C=O) groups excluding carboxylic acids is 1. The number of allylic oxidation sites excluding steroid dienone is 1. The standard InChI is InChI=1S/C17H28O2/c1-6-13(18)15-16(3,4)9-7-12-11(2)14(19)8-10-17(12,15)5/h6,11-12,14-15,19H,1,7-10H2,2-5H3/t11-,12?,14+,15?,17+/m1/s1. The van der Waals surface area contributed by atoms with Crippen LogP contribution in [-0.4, -0.2) is 17.0 Å². The van der Waals surface area contributed by atoms with Crippen molar-refractivity contribution in [2.75, 3.05) is 0 Å². The van der Waals surface area contributed by atoms with E-state index >= 15 is 0 Å². The molecule has 2 unspecified atom stereocenters. The Morgan fingerprint density at radius 2 is 1.89 bits per heavy atom. The molecule has 1 N–H and O–H groups in total. The number of fused-ring (bicyclic) bond motifs is 1. The molecule has 108 valence electrons. The Morgan fingerprint density at radius 3 is 2.47 bits per heavy atom. The molecule has 0 aliphatic heterocycles. The molecule has 2 heteroatoms. The number of aliphatic hydroxyl groups excluding tert-OH is 1. The Bertz CT molecular complexity index is 385. The Balaban J connectivity index is 2.42. The minimum absolute atomic E-state index is 0.0195. The van der Waals surface area contributed by atoms with Gasteiger partial charge < -0.3 is 5.11 Å². The second kappa shape index (κ2) is 4.73. The molecule has 0 heterocycles. The van der Waals surface area contributed by atoms with Gasteiger partial charge in [0.15, 0.2) is 5.78 Å². The molecular formula is C17H28O2. The van der Waals surface area contributed by atoms with Gasteiger partial charge >= 0.3 is 0 Å². The lowest BCUT2D eigenvalue weighted by atomic mass is 9.45. The summed E-state index contributed by atoms with van der Waals surface area (Å²) in [6.45, 7) is 12.6. The molecular weight excluding hydrogens is 236 g/mol. The quantitative estimate of drug-likeness (QED) is 0.774. The number of ketones is 1. The summed E-state index contributed by atoms with van der Waals surface area (Å²) in [5, 5.41) is 10.1. The second-order valence-corrected chi connectivity index (χ2v) is 7.64. The van der Waals surface area contributed by atoms with Crippen LogP contribution < -0.4 is 0 Å². The van der Waals surface area contributed by atoms with Crippen molar-refractivity contribution in [3.63, 3.8) is 0 Å². The van der Waals surface area contributed by atoms with Crippen LogP contribution in [0.25, 0.3) is 0 Å². The number of rotatable bonds is 2. The van der Waals surface area contributed by atoms with Crippen molar-refractivity contribution in [1.29, 1.82) is 0 Å².